The summed E-state index contributed by atoms with van der Waals surface area (Å²) < 4.78 is 46.3. The van der Waals surface area contributed by atoms with Gasteiger partial charge < -0.3 is 14.4 Å². The SMILES string of the molecule is CC(C)Oc1ccc(-n2c(CCC(=O)O)cc3cc(-c4ccc(C(F)(F)F)cn4)ccc32)cc1. The Labute approximate surface area is 194 Å². The second-order valence-corrected chi connectivity index (χ2v) is 8.23. The van der Waals surface area contributed by atoms with Gasteiger partial charge in [0.25, 0.3) is 0 Å². The molecule has 0 radical (unpaired) electrons. The zero-order valence-corrected chi connectivity index (χ0v) is 18.6. The van der Waals surface area contributed by atoms with E-state index < -0.39 is 17.7 Å². The first kappa shape index (κ1) is 23.4. The molecule has 1 N–H and O–H groups in total. The predicted molar refractivity (Wildman–Crippen MR) is 123 cm³/mol. The predicted octanol–water partition coefficient (Wildman–Crippen LogP) is 6.52. The molecular weight excluding hydrogens is 445 g/mol. The van der Waals surface area contributed by atoms with Gasteiger partial charge >= 0.3 is 12.1 Å². The molecule has 2 aromatic heterocycles. The van der Waals surface area contributed by atoms with Crippen LogP contribution in [0.1, 0.15) is 31.5 Å². The van der Waals surface area contributed by atoms with Crippen molar-refractivity contribution in [3.63, 3.8) is 0 Å². The number of hydrogen-bond donors (Lipinski definition) is 1. The lowest BCUT2D eigenvalue weighted by Crippen LogP contribution is -2.06. The molecule has 2 aromatic carbocycles. The highest BCUT2D eigenvalue weighted by Crippen LogP contribution is 2.32. The van der Waals surface area contributed by atoms with Crippen molar-refractivity contribution in [2.24, 2.45) is 0 Å². The monoisotopic (exact) mass is 468 g/mol. The minimum Gasteiger partial charge on any atom is -0.491 e. The number of carboxylic acids is 1. The lowest BCUT2D eigenvalue weighted by molar-refractivity contribution is -0.138. The summed E-state index contributed by atoms with van der Waals surface area (Å²) in [6, 6.07) is 17.3. The zero-order valence-electron chi connectivity index (χ0n) is 18.6. The molecule has 0 saturated heterocycles. The topological polar surface area (TPSA) is 64.3 Å². The van der Waals surface area contributed by atoms with Gasteiger partial charge in [-0.3, -0.25) is 9.78 Å². The number of aliphatic carboxylic acids is 1. The van der Waals surface area contributed by atoms with Gasteiger partial charge in [0.1, 0.15) is 5.75 Å². The number of aryl methyl sites for hydroxylation is 1. The number of nitrogens with zero attached hydrogens (tertiary/aromatic N) is 2. The molecule has 4 aromatic rings. The van der Waals surface area contributed by atoms with Crippen LogP contribution in [0.25, 0.3) is 27.8 Å². The lowest BCUT2D eigenvalue weighted by Gasteiger charge is -2.13. The van der Waals surface area contributed by atoms with Crippen LogP contribution in [-0.2, 0) is 17.4 Å². The number of ether oxygens (including phenoxy) is 1. The highest BCUT2D eigenvalue weighted by molar-refractivity contribution is 5.87. The Morgan fingerprint density at radius 2 is 1.79 bits per heavy atom. The average molecular weight is 468 g/mol. The molecule has 8 heteroatoms. The van der Waals surface area contributed by atoms with E-state index in [4.69, 9.17) is 4.74 Å². The van der Waals surface area contributed by atoms with Crippen LogP contribution in [0.4, 0.5) is 13.2 Å². The van der Waals surface area contributed by atoms with Crippen molar-refractivity contribution in [1.29, 1.82) is 0 Å². The summed E-state index contributed by atoms with van der Waals surface area (Å²) in [6.45, 7) is 3.89. The molecule has 0 aliphatic carbocycles. The van der Waals surface area contributed by atoms with Crippen molar-refractivity contribution in [2.45, 2.75) is 39.0 Å². The van der Waals surface area contributed by atoms with E-state index in [1.165, 1.54) is 6.07 Å². The van der Waals surface area contributed by atoms with Crippen LogP contribution in [0.15, 0.2) is 66.9 Å². The molecule has 0 aliphatic heterocycles. The van der Waals surface area contributed by atoms with Crippen LogP contribution in [0.5, 0.6) is 5.75 Å². The van der Waals surface area contributed by atoms with Crippen LogP contribution >= 0.6 is 0 Å². The van der Waals surface area contributed by atoms with Crippen LogP contribution in [0, 0.1) is 0 Å². The Balaban J connectivity index is 1.75. The first-order valence-electron chi connectivity index (χ1n) is 10.8. The number of halogens is 3. The quantitative estimate of drug-likeness (QED) is 0.336. The standard InChI is InChI=1S/C26H23F3N2O3/c1-16(2)34-22-8-5-20(6-9-22)31-21(7-12-25(32)33)14-18-13-17(3-11-24(18)31)23-10-4-19(15-30-23)26(27,28)29/h3-6,8-11,13-16H,7,12H2,1-2H3,(H,32,33). The van der Waals surface area contributed by atoms with Crippen molar-refractivity contribution in [3.8, 4) is 22.7 Å². The normalized spacial score (nSPS) is 11.8. The molecule has 0 fully saturated rings. The number of carbonyl (C=O) groups is 1. The summed E-state index contributed by atoms with van der Waals surface area (Å²) in [5.41, 5.74) is 2.81. The highest BCUT2D eigenvalue weighted by Gasteiger charge is 2.30. The van der Waals surface area contributed by atoms with Gasteiger partial charge in [0.15, 0.2) is 0 Å². The fourth-order valence-electron chi connectivity index (χ4n) is 3.83. The maximum Gasteiger partial charge on any atom is 0.417 e. The van der Waals surface area contributed by atoms with E-state index in [9.17, 15) is 23.1 Å². The third-order valence-corrected chi connectivity index (χ3v) is 5.33. The number of alkyl halides is 3. The van der Waals surface area contributed by atoms with Gasteiger partial charge in [-0.05, 0) is 74.9 Å². The minimum absolute atomic E-state index is 0.0296. The molecule has 34 heavy (non-hydrogen) atoms. The van der Waals surface area contributed by atoms with Crippen molar-refractivity contribution in [1.82, 2.24) is 9.55 Å². The molecule has 0 unspecified atom stereocenters. The summed E-state index contributed by atoms with van der Waals surface area (Å²) in [4.78, 5) is 15.2. The van der Waals surface area contributed by atoms with Crippen molar-refractivity contribution < 1.29 is 27.8 Å². The van der Waals surface area contributed by atoms with Crippen LogP contribution < -0.4 is 4.74 Å². The van der Waals surface area contributed by atoms with Crippen LogP contribution in [0.2, 0.25) is 0 Å². The largest absolute Gasteiger partial charge is 0.491 e. The van der Waals surface area contributed by atoms with E-state index in [0.717, 1.165) is 40.3 Å². The van der Waals surface area contributed by atoms with E-state index in [2.05, 4.69) is 4.98 Å². The number of benzene rings is 2. The molecule has 0 atom stereocenters. The van der Waals surface area contributed by atoms with Gasteiger partial charge in [-0.15, -0.1) is 0 Å². The summed E-state index contributed by atoms with van der Waals surface area (Å²) in [6.07, 6.45) is -3.28. The first-order chi connectivity index (χ1) is 16.1. The van der Waals surface area contributed by atoms with Crippen molar-refractivity contribution in [2.75, 3.05) is 0 Å². The fraction of sp³-hybridized carbons (Fsp3) is 0.231. The van der Waals surface area contributed by atoms with E-state index >= 15 is 0 Å². The van der Waals surface area contributed by atoms with Gasteiger partial charge in [0.05, 0.1) is 29.3 Å². The third-order valence-electron chi connectivity index (χ3n) is 5.33. The Hall–Kier alpha value is -3.81. The molecule has 5 nitrogen and oxygen atoms in total. The molecule has 0 aliphatic rings. The van der Waals surface area contributed by atoms with Gasteiger partial charge in [-0.25, -0.2) is 0 Å². The summed E-state index contributed by atoms with van der Waals surface area (Å²) >= 11 is 0. The van der Waals surface area contributed by atoms with E-state index in [1.54, 1.807) is 6.07 Å². The highest BCUT2D eigenvalue weighted by atomic mass is 19.4. The maximum atomic E-state index is 12.9. The second-order valence-electron chi connectivity index (χ2n) is 8.23. The van der Waals surface area contributed by atoms with Crippen molar-refractivity contribution >= 4 is 16.9 Å². The smallest absolute Gasteiger partial charge is 0.417 e. The second kappa shape index (κ2) is 9.21. The fourth-order valence-corrected chi connectivity index (χ4v) is 3.83. The Morgan fingerprint density at radius 3 is 2.38 bits per heavy atom. The van der Waals surface area contributed by atoms with E-state index in [-0.39, 0.29) is 12.5 Å². The molecular formula is C26H23F3N2O3. The number of pyridine rings is 1. The number of aromatic nitrogens is 2. The Bertz CT molecular complexity index is 1310. The number of rotatable bonds is 7. The van der Waals surface area contributed by atoms with Crippen LogP contribution in [0.3, 0.4) is 0 Å². The summed E-state index contributed by atoms with van der Waals surface area (Å²) in [5, 5.41) is 10.0. The lowest BCUT2D eigenvalue weighted by atomic mass is 10.1. The van der Waals surface area contributed by atoms with Gasteiger partial charge in [-0.1, -0.05) is 6.07 Å². The molecule has 0 spiro atoms. The summed E-state index contributed by atoms with van der Waals surface area (Å²) in [7, 11) is 0. The van der Waals surface area contributed by atoms with Gasteiger partial charge in [-0.2, -0.15) is 13.2 Å². The zero-order chi connectivity index (χ0) is 24.5. The third kappa shape index (κ3) is 5.06. The maximum absolute atomic E-state index is 12.9. The van der Waals surface area contributed by atoms with Crippen molar-refractivity contribution in [3.05, 3.63) is 78.1 Å². The van der Waals surface area contributed by atoms with Crippen LogP contribution in [-0.4, -0.2) is 26.7 Å². The van der Waals surface area contributed by atoms with Gasteiger partial charge in [0.2, 0.25) is 0 Å². The number of fused-ring (bicyclic) bond motifs is 1. The summed E-state index contributed by atoms with van der Waals surface area (Å²) in [5.74, 6) is -0.162. The molecule has 0 bridgehead atoms. The Morgan fingerprint density at radius 1 is 1.06 bits per heavy atom. The van der Waals surface area contributed by atoms with E-state index in [1.807, 2.05) is 60.9 Å². The first-order valence-corrected chi connectivity index (χ1v) is 10.8. The number of carboxylic acid groups (broad SMARTS) is 1. The molecule has 176 valence electrons. The molecule has 0 saturated carbocycles. The molecule has 2 heterocycles. The molecule has 0 amide bonds. The minimum atomic E-state index is -4.44. The molecule has 4 rings (SSSR count). The van der Waals surface area contributed by atoms with Gasteiger partial charge in [0, 0.05) is 28.5 Å². The number of hydrogen-bond acceptors (Lipinski definition) is 3. The van der Waals surface area contributed by atoms with E-state index in [0.29, 0.717) is 17.7 Å². The average Bonchev–Trinajstić information content (AvgIpc) is 3.15. The Kier molecular flexibility index (Phi) is 6.32.